The molecule has 0 bridgehead atoms. The smallest absolute Gasteiger partial charge is 0.211 e. The van der Waals surface area contributed by atoms with E-state index < -0.39 is 0 Å². The van der Waals surface area contributed by atoms with E-state index in [9.17, 15) is 0 Å². The molecule has 0 rings (SSSR count). The van der Waals surface area contributed by atoms with E-state index in [1.165, 1.54) is 20.1 Å². The lowest BCUT2D eigenvalue weighted by molar-refractivity contribution is 0.564. The molecule has 0 fully saturated rings. The zero-order chi connectivity index (χ0) is 6.12. The van der Waals surface area contributed by atoms with Crippen molar-refractivity contribution in [2.45, 2.75) is 6.92 Å². The second kappa shape index (κ2) is 20.9. The number of nitriles is 1. The summed E-state index contributed by atoms with van der Waals surface area (Å²) in [5.41, 5.74) is 0. The van der Waals surface area contributed by atoms with Gasteiger partial charge in [-0.2, -0.15) is 5.26 Å². The summed E-state index contributed by atoms with van der Waals surface area (Å²) < 4.78 is 0. The van der Waals surface area contributed by atoms with Crippen molar-refractivity contribution in [3.8, 4) is 6.07 Å². The van der Waals surface area contributed by atoms with E-state index >= 15 is 0 Å². The van der Waals surface area contributed by atoms with Gasteiger partial charge in [0, 0.05) is 14.0 Å². The fraction of sp³-hybridized carbons (Fsp3) is 0.500. The lowest BCUT2D eigenvalue weighted by atomic mass is 11.0. The SMILES string of the molecule is CC#N.CN=C=O. The molecule has 0 heterocycles. The molecule has 0 amide bonds. The van der Waals surface area contributed by atoms with Crippen molar-refractivity contribution < 1.29 is 4.79 Å². The molecule has 0 saturated carbocycles. The molecular weight excluding hydrogens is 92.1 g/mol. The first-order valence-electron chi connectivity index (χ1n) is 1.60. The van der Waals surface area contributed by atoms with Crippen molar-refractivity contribution in [1.29, 1.82) is 5.26 Å². The van der Waals surface area contributed by atoms with Crippen LogP contribution in [0.1, 0.15) is 6.92 Å². The summed E-state index contributed by atoms with van der Waals surface area (Å²) in [6.07, 6.45) is 1.31. The van der Waals surface area contributed by atoms with Crippen LogP contribution in [-0.2, 0) is 4.79 Å². The van der Waals surface area contributed by atoms with Gasteiger partial charge in [-0.15, -0.1) is 0 Å². The zero-order valence-electron chi connectivity index (χ0n) is 4.30. The summed E-state index contributed by atoms with van der Waals surface area (Å²) >= 11 is 0. The molecule has 0 N–H and O–H groups in total. The number of isocyanates is 1. The van der Waals surface area contributed by atoms with Gasteiger partial charge in [0.05, 0.1) is 6.07 Å². The zero-order valence-corrected chi connectivity index (χ0v) is 4.30. The van der Waals surface area contributed by atoms with Crippen molar-refractivity contribution in [3.63, 3.8) is 0 Å². The number of aliphatic imine (C=N–C) groups is 1. The Morgan fingerprint density at radius 3 is 1.86 bits per heavy atom. The van der Waals surface area contributed by atoms with Gasteiger partial charge in [-0.1, -0.05) is 0 Å². The van der Waals surface area contributed by atoms with Crippen molar-refractivity contribution in [2.75, 3.05) is 7.05 Å². The van der Waals surface area contributed by atoms with Gasteiger partial charge < -0.3 is 0 Å². The van der Waals surface area contributed by atoms with E-state index in [0.29, 0.717) is 0 Å². The van der Waals surface area contributed by atoms with Crippen LogP contribution in [0.25, 0.3) is 0 Å². The summed E-state index contributed by atoms with van der Waals surface area (Å²) in [4.78, 5) is 11.8. The summed E-state index contributed by atoms with van der Waals surface area (Å²) in [7, 11) is 1.38. The van der Waals surface area contributed by atoms with Gasteiger partial charge in [0.2, 0.25) is 6.08 Å². The molecule has 0 aliphatic carbocycles. The van der Waals surface area contributed by atoms with Gasteiger partial charge in [0.15, 0.2) is 0 Å². The number of rotatable bonds is 0. The second-order valence-electron chi connectivity index (χ2n) is 0.539. The van der Waals surface area contributed by atoms with Gasteiger partial charge in [-0.3, -0.25) is 0 Å². The predicted octanol–water partition coefficient (Wildman–Crippen LogP) is 0.482. The molecule has 0 atom stereocenters. The maximum Gasteiger partial charge on any atom is 0.234 e. The molecular formula is C4H6N2O. The van der Waals surface area contributed by atoms with Crippen LogP contribution in [0.2, 0.25) is 0 Å². The molecule has 0 aromatic heterocycles. The first-order chi connectivity index (χ1) is 3.33. The Labute approximate surface area is 42.3 Å². The average Bonchev–Trinajstić information content (AvgIpc) is 1.69. The minimum atomic E-state index is 1.31. The van der Waals surface area contributed by atoms with Gasteiger partial charge in [0.25, 0.3) is 0 Å². The van der Waals surface area contributed by atoms with E-state index in [0.717, 1.165) is 0 Å². The standard InChI is InChI=1S/C2H3NO.C2H3N/c1-3-2-4;1-2-3/h1H3;1H3. The van der Waals surface area contributed by atoms with Crippen LogP contribution in [0.5, 0.6) is 0 Å². The Morgan fingerprint density at radius 1 is 1.71 bits per heavy atom. The third-order valence-corrected chi connectivity index (χ3v) is 0.0913. The van der Waals surface area contributed by atoms with Gasteiger partial charge >= 0.3 is 0 Å². The van der Waals surface area contributed by atoms with Crippen LogP contribution in [0, 0.1) is 11.3 Å². The fourth-order valence-electron chi connectivity index (χ4n) is 0. The highest BCUT2D eigenvalue weighted by molar-refractivity contribution is 5.32. The van der Waals surface area contributed by atoms with Crippen molar-refractivity contribution in [3.05, 3.63) is 0 Å². The highest BCUT2D eigenvalue weighted by Gasteiger charge is 1.29. The van der Waals surface area contributed by atoms with Crippen molar-refractivity contribution in [1.82, 2.24) is 0 Å². The summed E-state index contributed by atoms with van der Waals surface area (Å²) in [6, 6.07) is 1.75. The summed E-state index contributed by atoms with van der Waals surface area (Å²) in [6.45, 7) is 1.43. The van der Waals surface area contributed by atoms with Gasteiger partial charge in [-0.25, -0.2) is 9.79 Å². The maximum atomic E-state index is 8.88. The lowest BCUT2D eigenvalue weighted by Crippen LogP contribution is -1.38. The van der Waals surface area contributed by atoms with E-state index in [1.54, 1.807) is 6.07 Å². The molecule has 0 aliphatic rings. The molecule has 0 aromatic rings. The lowest BCUT2D eigenvalue weighted by Gasteiger charge is -1.36. The van der Waals surface area contributed by atoms with Crippen molar-refractivity contribution >= 4 is 6.08 Å². The number of carbonyl (C=O) groups excluding carboxylic acids is 1. The predicted molar refractivity (Wildman–Crippen MR) is 25.3 cm³/mol. The third kappa shape index (κ3) is 2370. The molecule has 0 aliphatic heterocycles. The molecule has 0 unspecified atom stereocenters. The number of nitrogens with zero attached hydrogens (tertiary/aromatic N) is 2. The summed E-state index contributed by atoms with van der Waals surface area (Å²) in [5, 5.41) is 7.32. The van der Waals surface area contributed by atoms with E-state index in [1.807, 2.05) is 0 Å². The molecule has 7 heavy (non-hydrogen) atoms. The third-order valence-electron chi connectivity index (χ3n) is 0.0913. The van der Waals surface area contributed by atoms with E-state index in [2.05, 4.69) is 4.99 Å². The average molecular weight is 98.1 g/mol. The second-order valence-corrected chi connectivity index (χ2v) is 0.539. The Morgan fingerprint density at radius 2 is 1.86 bits per heavy atom. The van der Waals surface area contributed by atoms with Gasteiger partial charge in [-0.05, 0) is 0 Å². The minimum Gasteiger partial charge on any atom is -0.211 e. The Hall–Kier alpha value is -1.13. The molecule has 0 saturated heterocycles. The molecule has 0 aromatic carbocycles. The van der Waals surface area contributed by atoms with Crippen LogP contribution in [-0.4, -0.2) is 13.1 Å². The van der Waals surface area contributed by atoms with Gasteiger partial charge in [0.1, 0.15) is 0 Å². The minimum absolute atomic E-state index is 1.31. The first kappa shape index (κ1) is 9.30. The first-order valence-corrected chi connectivity index (χ1v) is 1.60. The molecule has 3 heteroatoms. The quantitative estimate of drug-likeness (QED) is 0.327. The van der Waals surface area contributed by atoms with Crippen LogP contribution < -0.4 is 0 Å². The Bertz CT molecular complexity index is 96.7. The monoisotopic (exact) mass is 98.0 g/mol. The molecule has 3 nitrogen and oxygen atoms in total. The number of hydrogen-bond donors (Lipinski definition) is 0. The number of hydrogen-bond acceptors (Lipinski definition) is 3. The summed E-state index contributed by atoms with van der Waals surface area (Å²) in [5.74, 6) is 0. The molecule has 0 spiro atoms. The Balaban J connectivity index is 0. The Kier molecular flexibility index (Phi) is 27.7. The van der Waals surface area contributed by atoms with Crippen LogP contribution in [0.4, 0.5) is 0 Å². The maximum absolute atomic E-state index is 8.88. The van der Waals surface area contributed by atoms with E-state index in [4.69, 9.17) is 10.1 Å². The van der Waals surface area contributed by atoms with Crippen LogP contribution in [0.3, 0.4) is 0 Å². The van der Waals surface area contributed by atoms with E-state index in [-0.39, 0.29) is 0 Å². The molecule has 0 radical (unpaired) electrons. The van der Waals surface area contributed by atoms with Crippen LogP contribution >= 0.6 is 0 Å². The topological polar surface area (TPSA) is 53.2 Å². The van der Waals surface area contributed by atoms with Crippen molar-refractivity contribution in [2.24, 2.45) is 4.99 Å². The highest BCUT2D eigenvalue weighted by Crippen LogP contribution is 1.28. The normalized spacial score (nSPS) is 3.57. The largest absolute Gasteiger partial charge is 0.234 e. The fourth-order valence-corrected chi connectivity index (χ4v) is 0. The van der Waals surface area contributed by atoms with Crippen LogP contribution in [0.15, 0.2) is 4.99 Å². The highest BCUT2D eigenvalue weighted by atomic mass is 16.1. The molecule has 38 valence electrons.